The highest BCUT2D eigenvalue weighted by molar-refractivity contribution is 8.14. The number of esters is 1. The Morgan fingerprint density at radius 1 is 0.969 bits per heavy atom. The second kappa shape index (κ2) is 10.3. The molecule has 0 amide bonds. The second-order valence-electron chi connectivity index (χ2n) is 7.39. The summed E-state index contributed by atoms with van der Waals surface area (Å²) in [4.78, 5) is 36.3. The Kier molecular flexibility index (Phi) is 7.55. The molecule has 1 heterocycles. The lowest BCUT2D eigenvalue weighted by atomic mass is 10.0. The molecule has 0 bridgehead atoms. The zero-order valence-corrected chi connectivity index (χ0v) is 18.4. The van der Waals surface area contributed by atoms with Crippen LogP contribution in [0.15, 0.2) is 74.3 Å². The number of hydrogen-bond donors (Lipinski definition) is 1. The van der Waals surface area contributed by atoms with E-state index in [1.807, 2.05) is 36.4 Å². The van der Waals surface area contributed by atoms with Crippen LogP contribution in [0.4, 0.5) is 4.79 Å². The molecule has 168 valence electrons. The van der Waals surface area contributed by atoms with Gasteiger partial charge in [0.2, 0.25) is 0 Å². The van der Waals surface area contributed by atoms with Gasteiger partial charge in [-0.05, 0) is 31.2 Å². The minimum atomic E-state index is -1.07. The van der Waals surface area contributed by atoms with E-state index < -0.39 is 27.9 Å². The molecule has 0 aliphatic heterocycles. The fraction of sp³-hybridized carbons (Fsp3) is 0.261. The SMILES string of the molecule is CC(C)(SC(=O)OCc1oc(=O)oc1-c1ccccc1)[C@@H](N)C(=O)OCc1ccccc1. The number of carbonyl (C=O) groups excluding carboxylic acids is 2. The molecule has 0 unspecified atom stereocenters. The van der Waals surface area contributed by atoms with Gasteiger partial charge in [0.1, 0.15) is 12.6 Å². The van der Waals surface area contributed by atoms with Gasteiger partial charge in [-0.1, -0.05) is 60.7 Å². The smallest absolute Gasteiger partial charge is 0.460 e. The summed E-state index contributed by atoms with van der Waals surface area (Å²) < 4.78 is 19.5. The molecular weight excluding hydrogens is 434 g/mol. The van der Waals surface area contributed by atoms with Crippen molar-refractivity contribution in [3.63, 3.8) is 0 Å². The van der Waals surface area contributed by atoms with Crippen molar-refractivity contribution >= 4 is 23.0 Å². The highest BCUT2D eigenvalue weighted by Crippen LogP contribution is 2.31. The predicted octanol–water partition coefficient (Wildman–Crippen LogP) is 4.12. The van der Waals surface area contributed by atoms with Gasteiger partial charge < -0.3 is 24.0 Å². The molecule has 9 heteroatoms. The summed E-state index contributed by atoms with van der Waals surface area (Å²) >= 11 is 0.750. The zero-order chi connectivity index (χ0) is 23.1. The van der Waals surface area contributed by atoms with E-state index in [4.69, 9.17) is 24.0 Å². The number of rotatable bonds is 8. The summed E-state index contributed by atoms with van der Waals surface area (Å²) in [5, 5.41) is -0.691. The molecule has 3 aromatic rings. The first kappa shape index (κ1) is 23.4. The fourth-order valence-corrected chi connectivity index (χ4v) is 3.52. The zero-order valence-electron chi connectivity index (χ0n) is 17.6. The van der Waals surface area contributed by atoms with Gasteiger partial charge in [0.05, 0.1) is 0 Å². The van der Waals surface area contributed by atoms with Crippen LogP contribution in [0.1, 0.15) is 25.2 Å². The predicted molar refractivity (Wildman–Crippen MR) is 119 cm³/mol. The van der Waals surface area contributed by atoms with Crippen molar-refractivity contribution in [2.24, 2.45) is 5.73 Å². The molecule has 0 saturated heterocycles. The van der Waals surface area contributed by atoms with Gasteiger partial charge in [0.15, 0.2) is 18.1 Å². The van der Waals surface area contributed by atoms with Crippen molar-refractivity contribution in [1.29, 1.82) is 0 Å². The monoisotopic (exact) mass is 457 g/mol. The Hall–Kier alpha value is -3.30. The molecule has 2 N–H and O–H groups in total. The Bertz CT molecular complexity index is 1110. The highest BCUT2D eigenvalue weighted by Gasteiger charge is 2.37. The second-order valence-corrected chi connectivity index (χ2v) is 8.98. The van der Waals surface area contributed by atoms with E-state index >= 15 is 0 Å². The lowest BCUT2D eigenvalue weighted by molar-refractivity contribution is -0.147. The fourth-order valence-electron chi connectivity index (χ4n) is 2.75. The van der Waals surface area contributed by atoms with Crippen molar-refractivity contribution in [2.45, 2.75) is 37.9 Å². The molecule has 2 aromatic carbocycles. The van der Waals surface area contributed by atoms with Crippen molar-refractivity contribution in [1.82, 2.24) is 0 Å². The molecule has 32 heavy (non-hydrogen) atoms. The summed E-state index contributed by atoms with van der Waals surface area (Å²) in [7, 11) is 0. The molecule has 0 saturated carbocycles. The van der Waals surface area contributed by atoms with E-state index in [2.05, 4.69) is 0 Å². The summed E-state index contributed by atoms with van der Waals surface area (Å²) in [6.07, 6.45) is 0. The minimum Gasteiger partial charge on any atom is -0.460 e. The van der Waals surface area contributed by atoms with Crippen molar-refractivity contribution in [2.75, 3.05) is 0 Å². The van der Waals surface area contributed by atoms with Gasteiger partial charge in [-0.3, -0.25) is 4.79 Å². The van der Waals surface area contributed by atoms with Gasteiger partial charge in [0.25, 0.3) is 0 Å². The molecule has 0 fully saturated rings. The number of benzene rings is 2. The van der Waals surface area contributed by atoms with Gasteiger partial charge in [-0.15, -0.1) is 0 Å². The molecular formula is C23H23NO7S. The number of ether oxygens (including phenoxy) is 2. The van der Waals surface area contributed by atoms with Crippen LogP contribution in [0, 0.1) is 0 Å². The maximum atomic E-state index is 12.4. The van der Waals surface area contributed by atoms with Gasteiger partial charge in [-0.2, -0.15) is 0 Å². The van der Waals surface area contributed by atoms with E-state index in [0.717, 1.165) is 17.3 Å². The first-order valence-corrected chi connectivity index (χ1v) is 10.6. The lowest BCUT2D eigenvalue weighted by Crippen LogP contribution is -2.48. The summed E-state index contributed by atoms with van der Waals surface area (Å²) in [5.41, 5.74) is 7.48. The summed E-state index contributed by atoms with van der Waals surface area (Å²) in [5.74, 6) is -1.26. The molecule has 3 rings (SSSR count). The molecule has 0 spiro atoms. The van der Waals surface area contributed by atoms with Gasteiger partial charge >= 0.3 is 17.1 Å². The van der Waals surface area contributed by atoms with Gasteiger partial charge in [-0.25, -0.2) is 9.59 Å². The molecule has 1 atom stereocenters. The van der Waals surface area contributed by atoms with E-state index in [1.165, 1.54) is 0 Å². The minimum absolute atomic E-state index is 0.0829. The molecule has 0 aliphatic rings. The van der Waals surface area contributed by atoms with Gasteiger partial charge in [0, 0.05) is 10.3 Å². The first-order valence-electron chi connectivity index (χ1n) is 9.76. The first-order chi connectivity index (χ1) is 15.3. The van der Waals surface area contributed by atoms with Crippen LogP contribution in [0.2, 0.25) is 0 Å². The molecule has 8 nitrogen and oxygen atoms in total. The third-order valence-electron chi connectivity index (χ3n) is 4.58. The van der Waals surface area contributed by atoms with E-state index in [0.29, 0.717) is 5.56 Å². The average molecular weight is 458 g/mol. The van der Waals surface area contributed by atoms with Crippen LogP contribution in [0.3, 0.4) is 0 Å². The van der Waals surface area contributed by atoms with Crippen molar-refractivity contribution in [3.05, 3.63) is 82.6 Å². The normalized spacial score (nSPS) is 12.2. The lowest BCUT2D eigenvalue weighted by Gasteiger charge is -2.27. The Morgan fingerprint density at radius 3 is 2.25 bits per heavy atom. The maximum absolute atomic E-state index is 12.4. The van der Waals surface area contributed by atoms with E-state index in [1.54, 1.807) is 38.1 Å². The quantitative estimate of drug-likeness (QED) is 0.498. The average Bonchev–Trinajstić information content (AvgIpc) is 3.17. The number of thioether (sulfide) groups is 1. The maximum Gasteiger partial charge on any atom is 0.519 e. The van der Waals surface area contributed by atoms with Crippen LogP contribution in [-0.2, 0) is 27.5 Å². The standard InChI is InChI=1S/C23H23NO7S/c1-23(2,19(24)20(25)28-13-15-9-5-3-6-10-15)32-22(27)29-14-17-18(31-21(26)30-17)16-11-7-4-8-12-16/h3-12,19H,13-14,24H2,1-2H3/t19-/m0/s1. The molecule has 0 aliphatic carbocycles. The summed E-state index contributed by atoms with van der Waals surface area (Å²) in [6.45, 7) is 3.05. The van der Waals surface area contributed by atoms with Crippen molar-refractivity contribution in [3.8, 4) is 11.3 Å². The Balaban J connectivity index is 1.56. The number of hydrogen-bond acceptors (Lipinski definition) is 9. The van der Waals surface area contributed by atoms with E-state index in [9.17, 15) is 14.4 Å². The largest absolute Gasteiger partial charge is 0.519 e. The highest BCUT2D eigenvalue weighted by atomic mass is 32.2. The Morgan fingerprint density at radius 2 is 1.59 bits per heavy atom. The third kappa shape index (κ3) is 6.12. The van der Waals surface area contributed by atoms with Crippen LogP contribution in [0.5, 0.6) is 0 Å². The van der Waals surface area contributed by atoms with Crippen LogP contribution < -0.4 is 11.6 Å². The molecule has 1 aromatic heterocycles. The molecule has 0 radical (unpaired) electrons. The van der Waals surface area contributed by atoms with Crippen LogP contribution in [-0.4, -0.2) is 22.1 Å². The Labute approximate surface area is 188 Å². The van der Waals surface area contributed by atoms with Crippen LogP contribution >= 0.6 is 11.8 Å². The van der Waals surface area contributed by atoms with Crippen LogP contribution in [0.25, 0.3) is 11.3 Å². The number of nitrogens with two attached hydrogens (primary N) is 1. The topological polar surface area (TPSA) is 122 Å². The van der Waals surface area contributed by atoms with E-state index in [-0.39, 0.29) is 24.7 Å². The number of carbonyl (C=O) groups is 2. The van der Waals surface area contributed by atoms with Crippen molar-refractivity contribution < 1.29 is 27.9 Å². The third-order valence-corrected chi connectivity index (χ3v) is 5.64. The summed E-state index contributed by atoms with van der Waals surface area (Å²) in [6, 6.07) is 16.9.